The standard InChI is InChI=1S/C24H20ClNO4/c1-13-9-16-11-19(13)21-20(16)22(27)26(23(21)28)18-7-5-15(6-8-18)24(29)30-12-14-3-2-4-17(25)10-14/h2-10,16,19-21H,11-12H2,1H3/t16-,19+,20+,21-/m0/s1. The minimum Gasteiger partial charge on any atom is -0.457 e. The number of nitrogens with zero attached hydrogens (tertiary/aromatic N) is 1. The molecule has 0 radical (unpaired) electrons. The van der Waals surface area contributed by atoms with Gasteiger partial charge in [0.25, 0.3) is 0 Å². The van der Waals surface area contributed by atoms with Crippen LogP contribution in [0.25, 0.3) is 0 Å². The van der Waals surface area contributed by atoms with Crippen molar-refractivity contribution in [3.05, 3.63) is 76.3 Å². The lowest BCUT2D eigenvalue weighted by atomic mass is 9.82. The van der Waals surface area contributed by atoms with E-state index in [2.05, 4.69) is 6.08 Å². The number of fused-ring (bicyclic) bond motifs is 5. The molecule has 5 rings (SSSR count). The van der Waals surface area contributed by atoms with Crippen LogP contribution >= 0.6 is 11.6 Å². The van der Waals surface area contributed by atoms with E-state index >= 15 is 0 Å². The zero-order valence-corrected chi connectivity index (χ0v) is 17.1. The van der Waals surface area contributed by atoms with E-state index in [-0.39, 0.29) is 42.1 Å². The predicted molar refractivity (Wildman–Crippen MR) is 112 cm³/mol. The molecule has 1 saturated heterocycles. The van der Waals surface area contributed by atoms with Crippen molar-refractivity contribution in [3.8, 4) is 0 Å². The first kappa shape index (κ1) is 19.1. The fourth-order valence-corrected chi connectivity index (χ4v) is 5.35. The molecule has 2 aromatic carbocycles. The average Bonchev–Trinajstić information content (AvgIpc) is 3.37. The third-order valence-electron chi connectivity index (χ3n) is 6.50. The molecule has 5 nitrogen and oxygen atoms in total. The highest BCUT2D eigenvalue weighted by Crippen LogP contribution is 2.55. The summed E-state index contributed by atoms with van der Waals surface area (Å²) in [5.41, 5.74) is 2.88. The van der Waals surface area contributed by atoms with Gasteiger partial charge in [0, 0.05) is 5.02 Å². The van der Waals surface area contributed by atoms with Gasteiger partial charge in [0.15, 0.2) is 0 Å². The summed E-state index contributed by atoms with van der Waals surface area (Å²) in [5, 5.41) is 0.580. The van der Waals surface area contributed by atoms with Gasteiger partial charge < -0.3 is 4.74 Å². The maximum atomic E-state index is 13.0. The van der Waals surface area contributed by atoms with Crippen molar-refractivity contribution in [3.63, 3.8) is 0 Å². The zero-order valence-electron chi connectivity index (χ0n) is 16.4. The SMILES string of the molecule is CC1=C[C@H]2C[C@H]1[C@@H]1C(=O)N(c3ccc(C(=O)OCc4cccc(Cl)c4)cc3)C(=O)[C@@H]12. The van der Waals surface area contributed by atoms with Gasteiger partial charge in [-0.3, -0.25) is 14.5 Å². The number of esters is 1. The molecule has 2 aromatic rings. The van der Waals surface area contributed by atoms with Crippen LogP contribution in [0.4, 0.5) is 5.69 Å². The maximum Gasteiger partial charge on any atom is 0.338 e. The Morgan fingerprint density at radius 1 is 1.10 bits per heavy atom. The number of carbonyl (C=O) groups is 3. The van der Waals surface area contributed by atoms with E-state index in [0.717, 1.165) is 12.0 Å². The second-order valence-corrected chi connectivity index (χ2v) is 8.67. The van der Waals surface area contributed by atoms with Gasteiger partial charge in [-0.15, -0.1) is 0 Å². The van der Waals surface area contributed by atoms with Crippen molar-refractivity contribution in [2.24, 2.45) is 23.7 Å². The topological polar surface area (TPSA) is 63.7 Å². The number of halogens is 1. The first-order valence-electron chi connectivity index (χ1n) is 10.0. The van der Waals surface area contributed by atoms with Crippen LogP contribution < -0.4 is 4.90 Å². The maximum absolute atomic E-state index is 13.0. The summed E-state index contributed by atoms with van der Waals surface area (Å²) in [6, 6.07) is 13.6. The van der Waals surface area contributed by atoms with Crippen molar-refractivity contribution in [2.75, 3.05) is 4.90 Å². The molecule has 30 heavy (non-hydrogen) atoms. The Morgan fingerprint density at radius 2 is 1.83 bits per heavy atom. The minimum absolute atomic E-state index is 0.114. The number of rotatable bonds is 4. The molecule has 1 aliphatic heterocycles. The molecule has 0 aromatic heterocycles. The monoisotopic (exact) mass is 421 g/mol. The van der Waals surface area contributed by atoms with E-state index in [0.29, 0.717) is 16.3 Å². The molecule has 1 heterocycles. The number of ether oxygens (including phenoxy) is 1. The van der Waals surface area contributed by atoms with Crippen LogP contribution in [0.15, 0.2) is 60.2 Å². The molecule has 2 fully saturated rings. The summed E-state index contributed by atoms with van der Waals surface area (Å²) in [6.45, 7) is 2.16. The van der Waals surface area contributed by atoms with Gasteiger partial charge in [0.1, 0.15) is 6.61 Å². The molecule has 6 heteroatoms. The summed E-state index contributed by atoms with van der Waals surface area (Å²) in [4.78, 5) is 39.6. The Balaban J connectivity index is 1.29. The van der Waals surface area contributed by atoms with Crippen LogP contribution in [0.1, 0.15) is 29.3 Å². The van der Waals surface area contributed by atoms with E-state index in [4.69, 9.17) is 16.3 Å². The van der Waals surface area contributed by atoms with Gasteiger partial charge in [0.05, 0.1) is 23.1 Å². The summed E-state index contributed by atoms with van der Waals surface area (Å²) < 4.78 is 5.33. The summed E-state index contributed by atoms with van der Waals surface area (Å²) in [6.07, 6.45) is 3.06. The minimum atomic E-state index is -0.477. The number of imide groups is 1. The first-order valence-corrected chi connectivity index (χ1v) is 10.4. The average molecular weight is 422 g/mol. The number of amides is 2. The molecule has 0 N–H and O–H groups in total. The molecule has 0 spiro atoms. The fourth-order valence-electron chi connectivity index (χ4n) is 5.13. The lowest BCUT2D eigenvalue weighted by Crippen LogP contribution is -2.32. The van der Waals surface area contributed by atoms with E-state index < -0.39 is 5.97 Å². The predicted octanol–water partition coefficient (Wildman–Crippen LogP) is 4.40. The summed E-state index contributed by atoms with van der Waals surface area (Å²) >= 11 is 5.94. The molecular weight excluding hydrogens is 402 g/mol. The fraction of sp³-hybridized carbons (Fsp3) is 0.292. The summed E-state index contributed by atoms with van der Waals surface area (Å²) in [5.74, 6) is -0.859. The van der Waals surface area contributed by atoms with E-state index in [1.165, 1.54) is 10.5 Å². The van der Waals surface area contributed by atoms with Gasteiger partial charge in [-0.25, -0.2) is 4.79 Å². The van der Waals surface area contributed by atoms with Crippen LogP contribution in [0, 0.1) is 23.7 Å². The Kier molecular flexibility index (Phi) is 4.51. The van der Waals surface area contributed by atoms with E-state index in [9.17, 15) is 14.4 Å². The van der Waals surface area contributed by atoms with E-state index in [1.807, 2.05) is 13.0 Å². The highest BCUT2D eigenvalue weighted by molar-refractivity contribution is 6.30. The van der Waals surface area contributed by atoms with Crippen LogP contribution in [-0.4, -0.2) is 17.8 Å². The number of allylic oxidation sites excluding steroid dienone is 2. The first-order chi connectivity index (χ1) is 14.4. The number of benzene rings is 2. The zero-order chi connectivity index (χ0) is 21.0. The van der Waals surface area contributed by atoms with Gasteiger partial charge in [-0.1, -0.05) is 35.4 Å². The highest BCUT2D eigenvalue weighted by atomic mass is 35.5. The van der Waals surface area contributed by atoms with Crippen LogP contribution in [0.5, 0.6) is 0 Å². The van der Waals surface area contributed by atoms with Crippen molar-refractivity contribution in [1.82, 2.24) is 0 Å². The Morgan fingerprint density at radius 3 is 2.57 bits per heavy atom. The highest BCUT2D eigenvalue weighted by Gasteiger charge is 2.60. The molecule has 2 amide bonds. The second kappa shape index (κ2) is 7.10. The molecule has 1 saturated carbocycles. The molecule has 4 atom stereocenters. The Hall–Kier alpha value is -2.92. The molecule has 2 aliphatic carbocycles. The molecule has 0 unspecified atom stereocenters. The van der Waals surface area contributed by atoms with Gasteiger partial charge in [0.2, 0.25) is 11.8 Å². The lowest BCUT2D eigenvalue weighted by molar-refractivity contribution is -0.123. The van der Waals surface area contributed by atoms with Gasteiger partial charge in [-0.05, 0) is 67.1 Å². The van der Waals surface area contributed by atoms with Crippen molar-refractivity contribution < 1.29 is 19.1 Å². The summed E-state index contributed by atoms with van der Waals surface area (Å²) in [7, 11) is 0. The van der Waals surface area contributed by atoms with Crippen LogP contribution in [0.3, 0.4) is 0 Å². The quantitative estimate of drug-likeness (QED) is 0.417. The third kappa shape index (κ3) is 2.96. The van der Waals surface area contributed by atoms with Crippen molar-refractivity contribution in [2.45, 2.75) is 20.0 Å². The van der Waals surface area contributed by atoms with Crippen LogP contribution in [0.2, 0.25) is 5.02 Å². The Bertz CT molecular complexity index is 1090. The normalized spacial score (nSPS) is 26.7. The van der Waals surface area contributed by atoms with Gasteiger partial charge in [-0.2, -0.15) is 0 Å². The molecule has 3 aliphatic rings. The van der Waals surface area contributed by atoms with Crippen LogP contribution in [-0.2, 0) is 20.9 Å². The molecular formula is C24H20ClNO4. The second-order valence-electron chi connectivity index (χ2n) is 8.23. The van der Waals surface area contributed by atoms with E-state index in [1.54, 1.807) is 42.5 Å². The van der Waals surface area contributed by atoms with Crippen molar-refractivity contribution >= 4 is 35.1 Å². The van der Waals surface area contributed by atoms with Crippen molar-refractivity contribution in [1.29, 1.82) is 0 Å². The van der Waals surface area contributed by atoms with Gasteiger partial charge >= 0.3 is 5.97 Å². The lowest BCUT2D eigenvalue weighted by Gasteiger charge is -2.19. The number of hydrogen-bond donors (Lipinski definition) is 0. The number of anilines is 1. The number of hydrogen-bond acceptors (Lipinski definition) is 4. The Labute approximate surface area is 179 Å². The third-order valence-corrected chi connectivity index (χ3v) is 6.74. The molecule has 2 bridgehead atoms. The number of carbonyl (C=O) groups excluding carboxylic acids is 3. The largest absolute Gasteiger partial charge is 0.457 e. The smallest absolute Gasteiger partial charge is 0.338 e. The molecule has 152 valence electrons.